The molecule has 4 aliphatic rings. The largest absolute Gasteiger partial charge is 0.444 e. The number of hydrogen-bond donors (Lipinski definition) is 3. The first-order valence-electron chi connectivity index (χ1n) is 16.8. The Balaban J connectivity index is 1.49. The Hall–Kier alpha value is -3.02. The molecule has 5 unspecified atom stereocenters. The number of aliphatic imine (C=N–C) groups is 1. The average molecular weight is 801 g/mol. The number of hydrogen-bond acceptors (Lipinski definition) is 11. The van der Waals surface area contributed by atoms with Gasteiger partial charge in [-0.05, 0) is 90.5 Å². The summed E-state index contributed by atoms with van der Waals surface area (Å²) >= 11 is 3.29. The second kappa shape index (κ2) is 14.2. The van der Waals surface area contributed by atoms with E-state index in [4.69, 9.17) is 14.7 Å². The summed E-state index contributed by atoms with van der Waals surface area (Å²) in [5.74, 6) is -1.95. The number of carbonyl (C=O) groups excluding carboxylic acids is 3. The van der Waals surface area contributed by atoms with Crippen LogP contribution in [-0.4, -0.2) is 86.1 Å². The van der Waals surface area contributed by atoms with Crippen molar-refractivity contribution in [2.45, 2.75) is 124 Å². The van der Waals surface area contributed by atoms with Gasteiger partial charge >= 0.3 is 6.09 Å². The molecule has 2 aliphatic carbocycles. The molecule has 1 aromatic carbocycles. The third-order valence-corrected chi connectivity index (χ3v) is 13.6. The molecule has 2 saturated carbocycles. The first kappa shape index (κ1) is 38.2. The lowest BCUT2D eigenvalue weighted by Crippen LogP contribution is -2.54. The lowest BCUT2D eigenvalue weighted by atomic mass is 10.0. The van der Waals surface area contributed by atoms with Gasteiger partial charge in [0.2, 0.25) is 15.9 Å². The van der Waals surface area contributed by atoms with Crippen LogP contribution in [0.25, 0.3) is 0 Å². The van der Waals surface area contributed by atoms with Crippen LogP contribution in [-0.2, 0) is 38.7 Å². The smallest absolute Gasteiger partial charge is 0.408 e. The van der Waals surface area contributed by atoms with E-state index in [0.717, 1.165) is 12.8 Å². The van der Waals surface area contributed by atoms with E-state index in [-0.39, 0.29) is 36.5 Å². The summed E-state index contributed by atoms with van der Waals surface area (Å²) in [5, 5.41) is 2.69. The maximum atomic E-state index is 14.3. The summed E-state index contributed by atoms with van der Waals surface area (Å²) in [4.78, 5) is 46.8. The van der Waals surface area contributed by atoms with Gasteiger partial charge in [0, 0.05) is 23.4 Å². The number of carbonyl (C=O) groups is 3. The third-order valence-electron chi connectivity index (χ3n) is 9.51. The molecule has 276 valence electrons. The number of benzene rings is 1. The Kier molecular flexibility index (Phi) is 10.8. The average Bonchev–Trinajstić information content (AvgIpc) is 3.89. The zero-order valence-corrected chi connectivity index (χ0v) is 31.9. The molecule has 1 aromatic rings. The van der Waals surface area contributed by atoms with E-state index in [1.165, 1.54) is 17.0 Å². The Morgan fingerprint density at radius 3 is 2.40 bits per heavy atom. The molecule has 1 saturated heterocycles. The van der Waals surface area contributed by atoms with E-state index in [9.17, 15) is 31.2 Å². The molecule has 5 atom stereocenters. The van der Waals surface area contributed by atoms with Crippen molar-refractivity contribution in [3.63, 3.8) is 0 Å². The highest BCUT2D eigenvalue weighted by molar-refractivity contribution is 9.10. The van der Waals surface area contributed by atoms with Crippen LogP contribution in [0.2, 0.25) is 0 Å². The number of fused-ring (bicyclic) bond motifs is 2. The summed E-state index contributed by atoms with van der Waals surface area (Å²) < 4.78 is 65.6. The van der Waals surface area contributed by atoms with Crippen LogP contribution in [0.4, 0.5) is 4.79 Å². The highest BCUT2D eigenvalue weighted by Crippen LogP contribution is 2.50. The molecule has 5 rings (SSSR count). The third kappa shape index (κ3) is 8.70. The number of ether oxygens (including phenoxy) is 1. The van der Waals surface area contributed by atoms with E-state index in [1.807, 2.05) is 12.2 Å². The monoisotopic (exact) mass is 799 g/mol. The Morgan fingerprint density at radius 1 is 1.08 bits per heavy atom. The molecule has 3 fully saturated rings. The van der Waals surface area contributed by atoms with Crippen molar-refractivity contribution >= 4 is 59.8 Å². The van der Waals surface area contributed by atoms with Gasteiger partial charge in [-0.2, -0.15) is 8.42 Å². The van der Waals surface area contributed by atoms with Gasteiger partial charge in [0.15, 0.2) is 0 Å². The number of nitrogens with two attached hydrogens (primary N) is 1. The van der Waals surface area contributed by atoms with Crippen LogP contribution in [0.5, 0.6) is 0 Å². The summed E-state index contributed by atoms with van der Waals surface area (Å²) in [6.07, 6.45) is 5.95. The maximum absolute atomic E-state index is 14.3. The summed E-state index contributed by atoms with van der Waals surface area (Å²) in [5.41, 5.74) is 4.27. The van der Waals surface area contributed by atoms with Crippen LogP contribution in [0, 0.1) is 5.92 Å². The normalized spacial score (nSPS) is 28.6. The molecule has 14 nitrogen and oxygen atoms in total. The number of allylic oxidation sites excluding steroid dienone is 1. The number of amides is 3. The number of nitrogens with zero attached hydrogens (tertiary/aromatic N) is 2. The minimum absolute atomic E-state index is 0.0867. The predicted octanol–water partition coefficient (Wildman–Crippen LogP) is 3.65. The molecular formula is C33H46BrN5O9S2. The van der Waals surface area contributed by atoms with Crippen molar-refractivity contribution in [1.82, 2.24) is 14.9 Å². The van der Waals surface area contributed by atoms with Crippen molar-refractivity contribution in [1.29, 1.82) is 0 Å². The SMILES string of the molecule is CC(C)(C)OC(=O)NC1CCCCCC=CC2CC2(C(=O)NS(=O)(=O)C2(C)CC2)N=C(N)C2CC(OS(=O)(=O)c3ccc(Br)cc3)CN2C1=O. The van der Waals surface area contributed by atoms with E-state index in [2.05, 4.69) is 31.0 Å². The molecule has 17 heteroatoms. The van der Waals surface area contributed by atoms with Gasteiger partial charge in [-0.25, -0.2) is 13.2 Å². The fraction of sp³-hybridized carbons (Fsp3) is 0.636. The number of amidine groups is 1. The number of nitrogens with one attached hydrogen (secondary N) is 2. The number of halogens is 1. The van der Waals surface area contributed by atoms with Crippen LogP contribution >= 0.6 is 15.9 Å². The zero-order chi connectivity index (χ0) is 36.7. The molecule has 50 heavy (non-hydrogen) atoms. The first-order valence-corrected chi connectivity index (χ1v) is 20.5. The van der Waals surface area contributed by atoms with Gasteiger partial charge in [-0.1, -0.05) is 40.9 Å². The molecule has 0 bridgehead atoms. The summed E-state index contributed by atoms with van der Waals surface area (Å²) in [6.45, 7) is 6.47. The lowest BCUT2D eigenvalue weighted by molar-refractivity contribution is -0.133. The van der Waals surface area contributed by atoms with Gasteiger partial charge in [-0.15, -0.1) is 0 Å². The van der Waals surface area contributed by atoms with Crippen LogP contribution in [0.15, 0.2) is 50.8 Å². The van der Waals surface area contributed by atoms with Gasteiger partial charge in [0.05, 0.1) is 21.8 Å². The quantitative estimate of drug-likeness (QED) is 0.270. The van der Waals surface area contributed by atoms with Crippen LogP contribution in [0.1, 0.15) is 85.5 Å². The Morgan fingerprint density at radius 2 is 1.76 bits per heavy atom. The van der Waals surface area contributed by atoms with Gasteiger partial charge in [-0.3, -0.25) is 23.5 Å². The van der Waals surface area contributed by atoms with Gasteiger partial charge in [0.1, 0.15) is 23.0 Å². The summed E-state index contributed by atoms with van der Waals surface area (Å²) in [6, 6.07) is 3.81. The number of rotatable bonds is 7. The van der Waals surface area contributed by atoms with Gasteiger partial charge in [0.25, 0.3) is 16.0 Å². The molecule has 0 spiro atoms. The maximum Gasteiger partial charge on any atom is 0.408 e. The van der Waals surface area contributed by atoms with Crippen molar-refractivity contribution in [3.8, 4) is 0 Å². The Labute approximate surface area is 302 Å². The van der Waals surface area contributed by atoms with Crippen molar-refractivity contribution in [2.75, 3.05) is 6.54 Å². The van der Waals surface area contributed by atoms with E-state index in [1.54, 1.807) is 39.8 Å². The molecule has 2 aliphatic heterocycles. The predicted molar refractivity (Wildman–Crippen MR) is 189 cm³/mol. The second-order valence-corrected chi connectivity index (χ2v) is 19.5. The molecule has 3 amide bonds. The highest BCUT2D eigenvalue weighted by Gasteiger charge is 2.62. The zero-order valence-electron chi connectivity index (χ0n) is 28.7. The fourth-order valence-electron chi connectivity index (χ4n) is 6.21. The molecule has 4 N–H and O–H groups in total. The van der Waals surface area contributed by atoms with Crippen molar-refractivity contribution < 1.29 is 40.1 Å². The number of sulfonamides is 1. The molecule has 2 heterocycles. The minimum Gasteiger partial charge on any atom is -0.444 e. The highest BCUT2D eigenvalue weighted by atomic mass is 79.9. The summed E-state index contributed by atoms with van der Waals surface area (Å²) in [7, 11) is -8.26. The fourth-order valence-corrected chi connectivity index (χ4v) is 8.86. The Bertz CT molecular complexity index is 1770. The van der Waals surface area contributed by atoms with Crippen molar-refractivity contribution in [2.24, 2.45) is 16.6 Å². The lowest BCUT2D eigenvalue weighted by Gasteiger charge is -2.30. The first-order chi connectivity index (χ1) is 23.3. The number of alkyl carbamates (subject to hydrolysis) is 1. The van der Waals surface area contributed by atoms with Crippen molar-refractivity contribution in [3.05, 3.63) is 40.9 Å². The van der Waals surface area contributed by atoms with E-state index >= 15 is 0 Å². The van der Waals surface area contributed by atoms with Crippen LogP contribution < -0.4 is 15.8 Å². The minimum atomic E-state index is -4.27. The van der Waals surface area contributed by atoms with E-state index in [0.29, 0.717) is 30.2 Å². The van der Waals surface area contributed by atoms with Gasteiger partial charge < -0.3 is 20.7 Å². The second-order valence-electron chi connectivity index (χ2n) is 14.8. The molecule has 0 aromatic heterocycles. The standard InChI is InChI=1S/C33H46BrN5O9S2/c1-31(2,3)47-30(42)36-25-11-9-7-5-6-8-10-21-19-33(21,29(41)38-50(45,46)32(4)16-17-32)37-27(35)26-18-23(20-39(26)28(25)40)48-49(43,44)24-14-12-22(34)13-15-24/h8,10,12-15,21,23,25-26H,5-7,9,11,16-20H2,1-4H3,(H2,35,37)(H,36,42)(H,38,41). The van der Waals surface area contributed by atoms with Crippen LogP contribution in [0.3, 0.4) is 0 Å². The molecule has 0 radical (unpaired) electrons. The van der Waals surface area contributed by atoms with E-state index < -0.39 is 78.0 Å². The topological polar surface area (TPSA) is 204 Å². The molecular weight excluding hydrogens is 754 g/mol.